The summed E-state index contributed by atoms with van der Waals surface area (Å²) in [6, 6.07) is 4.80. The van der Waals surface area contributed by atoms with Gasteiger partial charge in [0.05, 0.1) is 0 Å². The molecule has 2 rings (SSSR count). The molecule has 1 aliphatic carbocycles. The summed E-state index contributed by atoms with van der Waals surface area (Å²) >= 11 is 0. The Morgan fingerprint density at radius 1 is 1.26 bits per heavy atom. The molecular formula is C17H28N2. The Hall–Kier alpha value is -0.890. The Kier molecular flexibility index (Phi) is 4.98. The molecule has 0 radical (unpaired) electrons. The Morgan fingerprint density at radius 3 is 2.53 bits per heavy atom. The van der Waals surface area contributed by atoms with E-state index in [1.807, 2.05) is 6.20 Å². The molecule has 0 aromatic carbocycles. The van der Waals surface area contributed by atoms with E-state index in [1.165, 1.54) is 30.5 Å². The van der Waals surface area contributed by atoms with Gasteiger partial charge in [-0.25, -0.2) is 0 Å². The molecule has 0 aliphatic heterocycles. The summed E-state index contributed by atoms with van der Waals surface area (Å²) in [7, 11) is 0. The standard InChI is InChI=1S/C17H28N2/c1-5-18-17(16-7-6-8-19-14(16)4)15-10-12(2)9-13(3)11-15/h6-8,12-13,15,17-18H,5,9-11H2,1-4H3. The van der Waals surface area contributed by atoms with Crippen molar-refractivity contribution in [2.24, 2.45) is 17.8 Å². The molecule has 3 atom stereocenters. The smallest absolute Gasteiger partial charge is 0.0420 e. The van der Waals surface area contributed by atoms with Crippen molar-refractivity contribution in [2.45, 2.75) is 53.0 Å². The fraction of sp³-hybridized carbons (Fsp3) is 0.706. The van der Waals surface area contributed by atoms with Crippen LogP contribution < -0.4 is 5.32 Å². The average molecular weight is 260 g/mol. The molecule has 3 unspecified atom stereocenters. The molecule has 2 nitrogen and oxygen atoms in total. The molecule has 1 heterocycles. The van der Waals surface area contributed by atoms with Crippen molar-refractivity contribution in [1.82, 2.24) is 10.3 Å². The molecule has 1 saturated carbocycles. The highest BCUT2D eigenvalue weighted by Gasteiger charge is 2.31. The van der Waals surface area contributed by atoms with Crippen LogP contribution in [0.25, 0.3) is 0 Å². The van der Waals surface area contributed by atoms with E-state index in [0.29, 0.717) is 6.04 Å². The van der Waals surface area contributed by atoms with Gasteiger partial charge < -0.3 is 5.32 Å². The van der Waals surface area contributed by atoms with Gasteiger partial charge in [0.25, 0.3) is 0 Å². The Morgan fingerprint density at radius 2 is 1.95 bits per heavy atom. The van der Waals surface area contributed by atoms with Crippen LogP contribution in [0.1, 0.15) is 57.3 Å². The average Bonchev–Trinajstić information content (AvgIpc) is 2.36. The van der Waals surface area contributed by atoms with Crippen molar-refractivity contribution in [3.8, 4) is 0 Å². The zero-order valence-corrected chi connectivity index (χ0v) is 12.8. The molecule has 0 saturated heterocycles. The van der Waals surface area contributed by atoms with Crippen molar-refractivity contribution in [3.05, 3.63) is 29.6 Å². The first-order valence-corrected chi connectivity index (χ1v) is 7.76. The second-order valence-corrected chi connectivity index (χ2v) is 6.39. The van der Waals surface area contributed by atoms with Gasteiger partial charge in [-0.05, 0) is 62.1 Å². The summed E-state index contributed by atoms with van der Waals surface area (Å²) in [6.45, 7) is 10.2. The maximum atomic E-state index is 4.48. The second-order valence-electron chi connectivity index (χ2n) is 6.39. The molecule has 106 valence electrons. The predicted octanol–water partition coefficient (Wildman–Crippen LogP) is 4.11. The number of nitrogens with zero attached hydrogens (tertiary/aromatic N) is 1. The van der Waals surface area contributed by atoms with E-state index in [1.54, 1.807) is 0 Å². The zero-order chi connectivity index (χ0) is 13.8. The zero-order valence-electron chi connectivity index (χ0n) is 12.8. The van der Waals surface area contributed by atoms with Gasteiger partial charge in [-0.3, -0.25) is 4.98 Å². The summed E-state index contributed by atoms with van der Waals surface area (Å²) in [4.78, 5) is 4.48. The molecule has 0 amide bonds. The van der Waals surface area contributed by atoms with Crippen LogP contribution in [0.4, 0.5) is 0 Å². The van der Waals surface area contributed by atoms with Crippen molar-refractivity contribution < 1.29 is 0 Å². The summed E-state index contributed by atoms with van der Waals surface area (Å²) in [5.41, 5.74) is 2.58. The van der Waals surface area contributed by atoms with E-state index in [2.05, 4.69) is 50.1 Å². The van der Waals surface area contributed by atoms with Gasteiger partial charge in [0, 0.05) is 17.9 Å². The Bertz CT molecular complexity index is 392. The lowest BCUT2D eigenvalue weighted by Gasteiger charge is -2.37. The summed E-state index contributed by atoms with van der Waals surface area (Å²) in [6.07, 6.45) is 5.97. The molecule has 0 bridgehead atoms. The highest BCUT2D eigenvalue weighted by atomic mass is 14.9. The quantitative estimate of drug-likeness (QED) is 0.881. The number of hydrogen-bond acceptors (Lipinski definition) is 2. The molecule has 19 heavy (non-hydrogen) atoms. The first-order valence-electron chi connectivity index (χ1n) is 7.76. The number of nitrogens with one attached hydrogen (secondary N) is 1. The van der Waals surface area contributed by atoms with Gasteiger partial charge in [0.1, 0.15) is 0 Å². The van der Waals surface area contributed by atoms with Crippen LogP contribution in [0, 0.1) is 24.7 Å². The molecule has 1 aliphatic rings. The fourth-order valence-corrected chi connectivity index (χ4v) is 3.86. The molecule has 1 fully saturated rings. The van der Waals surface area contributed by atoms with Gasteiger partial charge in [-0.1, -0.05) is 26.8 Å². The summed E-state index contributed by atoms with van der Waals surface area (Å²) in [5.74, 6) is 2.46. The minimum Gasteiger partial charge on any atom is -0.310 e. The predicted molar refractivity (Wildman–Crippen MR) is 81.1 cm³/mol. The maximum Gasteiger partial charge on any atom is 0.0420 e. The monoisotopic (exact) mass is 260 g/mol. The highest BCUT2D eigenvalue weighted by Crippen LogP contribution is 2.40. The molecule has 2 heteroatoms. The second kappa shape index (κ2) is 6.51. The van der Waals surface area contributed by atoms with Crippen LogP contribution in [0.3, 0.4) is 0 Å². The Labute approximate surface area is 118 Å². The van der Waals surface area contributed by atoms with Gasteiger partial charge >= 0.3 is 0 Å². The highest BCUT2D eigenvalue weighted by molar-refractivity contribution is 5.23. The van der Waals surface area contributed by atoms with Gasteiger partial charge in [0.2, 0.25) is 0 Å². The molecular weight excluding hydrogens is 232 g/mol. The third-order valence-corrected chi connectivity index (χ3v) is 4.49. The van der Waals surface area contributed by atoms with E-state index in [-0.39, 0.29) is 0 Å². The topological polar surface area (TPSA) is 24.9 Å². The molecule has 0 spiro atoms. The van der Waals surface area contributed by atoms with Crippen LogP contribution in [0.15, 0.2) is 18.3 Å². The minimum atomic E-state index is 0.476. The molecule has 1 aromatic rings. The molecule has 1 aromatic heterocycles. The number of hydrogen-bond donors (Lipinski definition) is 1. The Balaban J connectivity index is 2.22. The van der Waals surface area contributed by atoms with Gasteiger partial charge in [0.15, 0.2) is 0 Å². The van der Waals surface area contributed by atoms with E-state index in [0.717, 1.165) is 24.3 Å². The lowest BCUT2D eigenvalue weighted by molar-refractivity contribution is 0.177. The van der Waals surface area contributed by atoms with Gasteiger partial charge in [-0.15, -0.1) is 0 Å². The first kappa shape index (κ1) is 14.5. The number of aromatic nitrogens is 1. The van der Waals surface area contributed by atoms with E-state index < -0.39 is 0 Å². The molecule has 1 N–H and O–H groups in total. The number of rotatable bonds is 4. The van der Waals surface area contributed by atoms with Crippen molar-refractivity contribution >= 4 is 0 Å². The van der Waals surface area contributed by atoms with E-state index in [4.69, 9.17) is 0 Å². The van der Waals surface area contributed by atoms with Crippen LogP contribution in [-0.4, -0.2) is 11.5 Å². The van der Waals surface area contributed by atoms with Crippen LogP contribution in [0.5, 0.6) is 0 Å². The van der Waals surface area contributed by atoms with Crippen molar-refractivity contribution in [1.29, 1.82) is 0 Å². The van der Waals surface area contributed by atoms with Crippen LogP contribution in [0.2, 0.25) is 0 Å². The largest absolute Gasteiger partial charge is 0.310 e. The van der Waals surface area contributed by atoms with E-state index in [9.17, 15) is 0 Å². The van der Waals surface area contributed by atoms with Crippen molar-refractivity contribution in [3.63, 3.8) is 0 Å². The number of pyridine rings is 1. The SMILES string of the molecule is CCNC(c1cccnc1C)C1CC(C)CC(C)C1. The maximum absolute atomic E-state index is 4.48. The van der Waals surface area contributed by atoms with Crippen LogP contribution >= 0.6 is 0 Å². The third-order valence-electron chi connectivity index (χ3n) is 4.49. The number of aryl methyl sites for hydroxylation is 1. The van der Waals surface area contributed by atoms with Crippen LogP contribution in [-0.2, 0) is 0 Å². The summed E-state index contributed by atoms with van der Waals surface area (Å²) in [5, 5.41) is 3.71. The fourth-order valence-electron chi connectivity index (χ4n) is 3.86. The van der Waals surface area contributed by atoms with E-state index >= 15 is 0 Å². The normalized spacial score (nSPS) is 29.2. The summed E-state index contributed by atoms with van der Waals surface area (Å²) < 4.78 is 0. The lowest BCUT2D eigenvalue weighted by Crippen LogP contribution is -2.33. The third kappa shape index (κ3) is 3.56. The minimum absolute atomic E-state index is 0.476. The van der Waals surface area contributed by atoms with Crippen molar-refractivity contribution in [2.75, 3.05) is 6.54 Å². The first-order chi connectivity index (χ1) is 9.11. The lowest BCUT2D eigenvalue weighted by atomic mass is 9.72. The van der Waals surface area contributed by atoms with Gasteiger partial charge in [-0.2, -0.15) is 0 Å².